The average Bonchev–Trinajstić information content (AvgIpc) is 2.57. The number of carbonyl (C=O) groups excluding carboxylic acids is 2. The van der Waals surface area contributed by atoms with Crippen LogP contribution in [-0.2, 0) is 14.3 Å². The van der Waals surface area contributed by atoms with Crippen LogP contribution in [0, 0.1) is 0 Å². The van der Waals surface area contributed by atoms with E-state index in [-0.39, 0.29) is 17.3 Å². The molecule has 1 aliphatic carbocycles. The van der Waals surface area contributed by atoms with E-state index in [1.807, 2.05) is 0 Å². The summed E-state index contributed by atoms with van der Waals surface area (Å²) in [5.74, 6) is -0.188. The van der Waals surface area contributed by atoms with Crippen LogP contribution in [0.15, 0.2) is 57.9 Å². The van der Waals surface area contributed by atoms with Gasteiger partial charge in [0.15, 0.2) is 11.5 Å². The maximum Gasteiger partial charge on any atom is 0.223 e. The van der Waals surface area contributed by atoms with E-state index in [1.54, 1.807) is 6.92 Å². The molecule has 0 radical (unpaired) electrons. The second-order valence-corrected chi connectivity index (χ2v) is 7.17. The minimum absolute atomic E-state index is 0.127. The number of hydrogen-bond donors (Lipinski definition) is 0. The van der Waals surface area contributed by atoms with Gasteiger partial charge in [-0.2, -0.15) is 0 Å². The summed E-state index contributed by atoms with van der Waals surface area (Å²) >= 11 is 0. The molecule has 0 N–H and O–H groups in total. The molecule has 0 saturated heterocycles. The highest BCUT2D eigenvalue weighted by Gasteiger charge is 2.25. The smallest absolute Gasteiger partial charge is 0.223 e. The first-order valence-electron chi connectivity index (χ1n) is 9.25. The van der Waals surface area contributed by atoms with E-state index in [9.17, 15) is 9.59 Å². The van der Waals surface area contributed by atoms with E-state index in [2.05, 4.69) is 45.9 Å². The van der Waals surface area contributed by atoms with Gasteiger partial charge >= 0.3 is 0 Å². The molecule has 0 fully saturated rings. The molecule has 1 rings (SSSR count). The topological polar surface area (TPSA) is 43.4 Å². The van der Waals surface area contributed by atoms with Gasteiger partial charge in [0.25, 0.3) is 0 Å². The van der Waals surface area contributed by atoms with Gasteiger partial charge in [0.2, 0.25) is 5.78 Å². The molecule has 142 valence electrons. The summed E-state index contributed by atoms with van der Waals surface area (Å²) in [5.41, 5.74) is 5.08. The van der Waals surface area contributed by atoms with Gasteiger partial charge in [-0.3, -0.25) is 9.59 Å². The SMILES string of the molecule is COC1=CC(=O)C(CC=C(C)CCC=C(C)CCC=C(C)C)=C(C)C1=O. The molecule has 0 aromatic rings. The van der Waals surface area contributed by atoms with Crippen molar-refractivity contribution >= 4 is 11.6 Å². The molecular formula is C23H32O3. The molecule has 0 spiro atoms. The van der Waals surface area contributed by atoms with E-state index in [1.165, 1.54) is 29.9 Å². The zero-order chi connectivity index (χ0) is 19.7. The highest BCUT2D eigenvalue weighted by molar-refractivity contribution is 6.21. The normalized spacial score (nSPS) is 16.0. The lowest BCUT2D eigenvalue weighted by Gasteiger charge is -2.14. The van der Waals surface area contributed by atoms with Crippen molar-refractivity contribution in [1.29, 1.82) is 0 Å². The summed E-state index contributed by atoms with van der Waals surface area (Å²) in [6, 6.07) is 0. The molecule has 0 heterocycles. The fraction of sp³-hybridized carbons (Fsp3) is 0.478. The Bertz CT molecular complexity index is 693. The Morgan fingerprint density at radius 2 is 1.54 bits per heavy atom. The molecule has 0 aromatic heterocycles. The lowest BCUT2D eigenvalue weighted by atomic mass is 9.91. The number of ether oxygens (including phenoxy) is 1. The highest BCUT2D eigenvalue weighted by atomic mass is 16.5. The summed E-state index contributed by atoms with van der Waals surface area (Å²) in [6.07, 6.45) is 12.6. The van der Waals surface area contributed by atoms with Crippen LogP contribution in [0.25, 0.3) is 0 Å². The highest BCUT2D eigenvalue weighted by Crippen LogP contribution is 2.23. The second kappa shape index (κ2) is 10.7. The van der Waals surface area contributed by atoms with Crippen LogP contribution < -0.4 is 0 Å². The summed E-state index contributed by atoms with van der Waals surface area (Å²) in [4.78, 5) is 24.3. The van der Waals surface area contributed by atoms with Crippen LogP contribution in [0.2, 0.25) is 0 Å². The van der Waals surface area contributed by atoms with E-state index in [0.29, 0.717) is 17.6 Å². The van der Waals surface area contributed by atoms with E-state index in [0.717, 1.165) is 25.7 Å². The number of allylic oxidation sites excluding steroid dienone is 9. The maximum absolute atomic E-state index is 12.2. The van der Waals surface area contributed by atoms with E-state index in [4.69, 9.17) is 4.74 Å². The monoisotopic (exact) mass is 356 g/mol. The van der Waals surface area contributed by atoms with Crippen molar-refractivity contribution in [1.82, 2.24) is 0 Å². The molecular weight excluding hydrogens is 324 g/mol. The Hall–Kier alpha value is -2.16. The molecule has 0 aliphatic heterocycles. The summed E-state index contributed by atoms with van der Waals surface area (Å²) in [5, 5.41) is 0. The van der Waals surface area contributed by atoms with Gasteiger partial charge in [-0.15, -0.1) is 0 Å². The quantitative estimate of drug-likeness (QED) is 0.388. The molecule has 0 saturated carbocycles. The number of Topliss-reactive ketones (excluding diaryl/α,β-unsaturated/α-hetero) is 1. The molecule has 1 aliphatic rings. The van der Waals surface area contributed by atoms with Crippen molar-refractivity contribution in [3.63, 3.8) is 0 Å². The molecule has 0 aromatic carbocycles. The van der Waals surface area contributed by atoms with Crippen LogP contribution in [0.3, 0.4) is 0 Å². The van der Waals surface area contributed by atoms with Gasteiger partial charge in [0.1, 0.15) is 0 Å². The first-order valence-corrected chi connectivity index (χ1v) is 9.25. The maximum atomic E-state index is 12.2. The first kappa shape index (κ1) is 21.9. The average molecular weight is 357 g/mol. The zero-order valence-electron chi connectivity index (χ0n) is 17.1. The minimum atomic E-state index is -0.192. The first-order chi connectivity index (χ1) is 12.3. The fourth-order valence-electron chi connectivity index (χ4n) is 2.80. The molecule has 0 amide bonds. The predicted molar refractivity (Wildman–Crippen MR) is 108 cm³/mol. The second-order valence-electron chi connectivity index (χ2n) is 7.17. The lowest BCUT2D eigenvalue weighted by Crippen LogP contribution is -2.18. The van der Waals surface area contributed by atoms with Crippen molar-refractivity contribution < 1.29 is 14.3 Å². The Morgan fingerprint density at radius 3 is 2.12 bits per heavy atom. The lowest BCUT2D eigenvalue weighted by molar-refractivity contribution is -0.118. The molecule has 0 unspecified atom stereocenters. The summed E-state index contributed by atoms with van der Waals surface area (Å²) < 4.78 is 4.97. The van der Waals surface area contributed by atoms with Gasteiger partial charge in [0.05, 0.1) is 7.11 Å². The number of methoxy groups -OCH3 is 1. The third-order valence-electron chi connectivity index (χ3n) is 4.57. The van der Waals surface area contributed by atoms with Crippen molar-refractivity contribution in [3.8, 4) is 0 Å². The van der Waals surface area contributed by atoms with Crippen molar-refractivity contribution in [2.24, 2.45) is 0 Å². The Morgan fingerprint density at radius 1 is 0.962 bits per heavy atom. The Labute approximate surface area is 158 Å². The standard InChI is InChI=1S/C23H32O3/c1-16(2)9-7-10-17(3)11-8-12-18(4)13-14-20-19(5)23(25)22(26-6)15-21(20)24/h9,11,13,15H,7-8,10,12,14H2,1-6H3. The molecule has 26 heavy (non-hydrogen) atoms. The van der Waals surface area contributed by atoms with Crippen LogP contribution >= 0.6 is 0 Å². The van der Waals surface area contributed by atoms with Crippen LogP contribution in [0.5, 0.6) is 0 Å². The predicted octanol–water partition coefficient (Wildman–Crippen LogP) is 5.79. The minimum Gasteiger partial charge on any atom is -0.493 e. The molecule has 0 atom stereocenters. The van der Waals surface area contributed by atoms with Crippen LogP contribution in [-0.4, -0.2) is 18.7 Å². The number of rotatable bonds is 9. The van der Waals surface area contributed by atoms with Crippen LogP contribution in [0.4, 0.5) is 0 Å². The van der Waals surface area contributed by atoms with Crippen molar-refractivity contribution in [3.05, 3.63) is 57.9 Å². The Kier molecular flexibility index (Phi) is 9.04. The van der Waals surface area contributed by atoms with E-state index < -0.39 is 0 Å². The number of ketones is 2. The van der Waals surface area contributed by atoms with Gasteiger partial charge in [-0.1, -0.05) is 34.9 Å². The summed E-state index contributed by atoms with van der Waals surface area (Å²) in [6.45, 7) is 10.2. The third kappa shape index (κ3) is 6.99. The number of hydrogen-bond acceptors (Lipinski definition) is 3. The zero-order valence-corrected chi connectivity index (χ0v) is 17.1. The molecule has 0 bridgehead atoms. The molecule has 3 heteroatoms. The van der Waals surface area contributed by atoms with Gasteiger partial charge in [-0.25, -0.2) is 0 Å². The van der Waals surface area contributed by atoms with Gasteiger partial charge in [0, 0.05) is 17.2 Å². The fourth-order valence-corrected chi connectivity index (χ4v) is 2.80. The summed E-state index contributed by atoms with van der Waals surface area (Å²) in [7, 11) is 1.41. The third-order valence-corrected chi connectivity index (χ3v) is 4.57. The number of carbonyl (C=O) groups is 2. The van der Waals surface area contributed by atoms with Crippen molar-refractivity contribution in [2.75, 3.05) is 7.11 Å². The molecule has 3 nitrogen and oxygen atoms in total. The van der Waals surface area contributed by atoms with Gasteiger partial charge in [-0.05, 0) is 66.7 Å². The van der Waals surface area contributed by atoms with Crippen LogP contribution in [0.1, 0.15) is 66.7 Å². The van der Waals surface area contributed by atoms with Gasteiger partial charge < -0.3 is 4.74 Å². The Balaban J connectivity index is 2.56. The largest absolute Gasteiger partial charge is 0.493 e. The van der Waals surface area contributed by atoms with E-state index >= 15 is 0 Å². The van der Waals surface area contributed by atoms with Crippen molar-refractivity contribution in [2.45, 2.75) is 66.7 Å².